The Morgan fingerprint density at radius 2 is 1.92 bits per heavy atom. The van der Waals surface area contributed by atoms with Crippen molar-refractivity contribution in [1.29, 1.82) is 0 Å². The maximum absolute atomic E-state index is 10.6. The lowest BCUT2D eigenvalue weighted by atomic mass is 10.1. The third kappa shape index (κ3) is 2.76. The van der Waals surface area contributed by atoms with Crippen molar-refractivity contribution in [3.63, 3.8) is 0 Å². The molecule has 0 aliphatic rings. The molecule has 4 heteroatoms. The molecule has 4 N–H and O–H groups in total. The Morgan fingerprint density at radius 3 is 2.31 bits per heavy atom. The molecule has 0 aliphatic carbocycles. The van der Waals surface area contributed by atoms with Gasteiger partial charge in [-0.25, -0.2) is 0 Å². The zero-order valence-electron chi connectivity index (χ0n) is 7.61. The fraction of sp³-hybridized carbons (Fsp3) is 0.222. The van der Waals surface area contributed by atoms with E-state index in [0.29, 0.717) is 5.56 Å². The lowest BCUT2D eigenvalue weighted by Gasteiger charge is -2.01. The number of aliphatic hydroxyl groups is 1. The maximum atomic E-state index is 10.6. The molecule has 0 saturated heterocycles. The molecule has 4 nitrogen and oxygen atoms in total. The molecule has 0 fully saturated rings. The highest BCUT2D eigenvalue weighted by Crippen LogP contribution is 2.20. The topological polar surface area (TPSA) is 83.5 Å². The van der Waals surface area contributed by atoms with Crippen molar-refractivity contribution in [2.24, 2.45) is 5.73 Å². The zero-order valence-corrected chi connectivity index (χ0v) is 7.61. The van der Waals surface area contributed by atoms with E-state index in [4.69, 9.17) is 10.8 Å². The number of aliphatic hydroxyl groups excluding tert-OH is 1. The summed E-state index contributed by atoms with van der Waals surface area (Å²) >= 11 is 0. The summed E-state index contributed by atoms with van der Waals surface area (Å²) in [5.74, 6) is -0.633. The van der Waals surface area contributed by atoms with Crippen molar-refractivity contribution in [3.8, 4) is 5.75 Å². The average molecular weight is 183 g/mol. The van der Waals surface area contributed by atoms with Gasteiger partial charge in [0.1, 0.15) is 5.75 Å². The molecule has 0 unspecified atom stereocenters. The van der Waals surface area contributed by atoms with Gasteiger partial charge in [0.05, 0.1) is 5.56 Å². The van der Waals surface area contributed by atoms with E-state index in [1.807, 2.05) is 0 Å². The van der Waals surface area contributed by atoms with Crippen LogP contribution in [-0.4, -0.2) is 23.2 Å². The summed E-state index contributed by atoms with van der Waals surface area (Å²) in [6, 6.07) is 4.88. The van der Waals surface area contributed by atoms with Crippen LogP contribution in [0, 0.1) is 6.92 Å². The summed E-state index contributed by atoms with van der Waals surface area (Å²) in [4.78, 5) is 10.6. The molecule has 0 bridgehead atoms. The van der Waals surface area contributed by atoms with Crippen molar-refractivity contribution >= 4 is 5.91 Å². The fourth-order valence-corrected chi connectivity index (χ4v) is 0.858. The number of nitrogens with two attached hydrogens (primary N) is 1. The van der Waals surface area contributed by atoms with E-state index in [0.717, 1.165) is 7.11 Å². The van der Waals surface area contributed by atoms with Crippen LogP contribution in [0.4, 0.5) is 0 Å². The Bertz CT molecular complexity index is 297. The molecule has 0 heterocycles. The van der Waals surface area contributed by atoms with Crippen molar-refractivity contribution in [2.45, 2.75) is 6.92 Å². The summed E-state index contributed by atoms with van der Waals surface area (Å²) in [5, 5.41) is 16.3. The van der Waals surface area contributed by atoms with Crippen LogP contribution in [0.15, 0.2) is 18.2 Å². The molecule has 0 spiro atoms. The van der Waals surface area contributed by atoms with Gasteiger partial charge < -0.3 is 15.9 Å². The molecule has 1 aromatic carbocycles. The summed E-state index contributed by atoms with van der Waals surface area (Å²) < 4.78 is 0. The molecule has 0 aliphatic heterocycles. The number of hydrogen-bond acceptors (Lipinski definition) is 3. The number of carbonyl (C=O) groups excluding carboxylic acids is 1. The van der Waals surface area contributed by atoms with Gasteiger partial charge in [-0.05, 0) is 18.6 Å². The van der Waals surface area contributed by atoms with E-state index >= 15 is 0 Å². The second kappa shape index (κ2) is 5.16. The van der Waals surface area contributed by atoms with Gasteiger partial charge in [-0.2, -0.15) is 0 Å². The first-order valence-corrected chi connectivity index (χ1v) is 3.66. The molecule has 72 valence electrons. The van der Waals surface area contributed by atoms with Crippen molar-refractivity contribution in [1.82, 2.24) is 0 Å². The van der Waals surface area contributed by atoms with Gasteiger partial charge >= 0.3 is 0 Å². The Balaban J connectivity index is 0.000000671. The van der Waals surface area contributed by atoms with Crippen LogP contribution in [0.5, 0.6) is 5.75 Å². The van der Waals surface area contributed by atoms with Gasteiger partial charge in [-0.3, -0.25) is 4.79 Å². The number of amides is 1. The lowest BCUT2D eigenvalue weighted by Crippen LogP contribution is -2.11. The van der Waals surface area contributed by atoms with Crippen molar-refractivity contribution in [2.75, 3.05) is 7.11 Å². The molecule has 0 aromatic heterocycles. The summed E-state index contributed by atoms with van der Waals surface area (Å²) in [7, 11) is 1.00. The van der Waals surface area contributed by atoms with E-state index in [2.05, 4.69) is 0 Å². The van der Waals surface area contributed by atoms with Crippen LogP contribution in [0.1, 0.15) is 15.9 Å². The van der Waals surface area contributed by atoms with E-state index in [-0.39, 0.29) is 11.3 Å². The third-order valence-corrected chi connectivity index (χ3v) is 1.50. The molecule has 13 heavy (non-hydrogen) atoms. The molecule has 0 saturated carbocycles. The largest absolute Gasteiger partial charge is 0.507 e. The summed E-state index contributed by atoms with van der Waals surface area (Å²) in [6.45, 7) is 1.71. The highest BCUT2D eigenvalue weighted by molar-refractivity contribution is 5.95. The van der Waals surface area contributed by atoms with E-state index < -0.39 is 5.91 Å². The second-order valence-electron chi connectivity index (χ2n) is 2.34. The minimum atomic E-state index is -0.605. The van der Waals surface area contributed by atoms with Gasteiger partial charge in [-0.1, -0.05) is 12.1 Å². The zero-order chi connectivity index (χ0) is 10.4. The van der Waals surface area contributed by atoms with Gasteiger partial charge in [0, 0.05) is 7.11 Å². The highest BCUT2D eigenvalue weighted by atomic mass is 16.3. The Kier molecular flexibility index (Phi) is 4.54. The molecule has 1 rings (SSSR count). The smallest absolute Gasteiger partial charge is 0.252 e. The lowest BCUT2D eigenvalue weighted by molar-refractivity contribution is 0.0997. The molecule has 1 aromatic rings. The van der Waals surface area contributed by atoms with Crippen LogP contribution >= 0.6 is 0 Å². The first-order valence-electron chi connectivity index (χ1n) is 3.66. The summed E-state index contributed by atoms with van der Waals surface area (Å²) in [5.41, 5.74) is 5.81. The number of phenols is 1. The molecule has 0 radical (unpaired) electrons. The maximum Gasteiger partial charge on any atom is 0.252 e. The Labute approximate surface area is 76.6 Å². The predicted molar refractivity (Wildman–Crippen MR) is 49.5 cm³/mol. The highest BCUT2D eigenvalue weighted by Gasteiger charge is 2.07. The first kappa shape index (κ1) is 11.4. The number of carbonyl (C=O) groups is 1. The SMILES string of the molecule is CO.Cc1cccc(C(N)=O)c1O. The van der Waals surface area contributed by atoms with Crippen LogP contribution in [-0.2, 0) is 0 Å². The minimum Gasteiger partial charge on any atom is -0.507 e. The van der Waals surface area contributed by atoms with Crippen LogP contribution in [0.3, 0.4) is 0 Å². The quantitative estimate of drug-likeness (QED) is 0.589. The number of aryl methyl sites for hydroxylation is 1. The van der Waals surface area contributed by atoms with E-state index in [1.165, 1.54) is 6.07 Å². The summed E-state index contributed by atoms with van der Waals surface area (Å²) in [6.07, 6.45) is 0. The molecule has 0 atom stereocenters. The third-order valence-electron chi connectivity index (χ3n) is 1.50. The normalized spacial score (nSPS) is 8.54. The number of para-hydroxylation sites is 1. The standard InChI is InChI=1S/C8H9NO2.CH4O/c1-5-3-2-4-6(7(5)10)8(9)11;1-2/h2-4,10H,1H3,(H2,9,11);2H,1H3. The number of primary amides is 1. The minimum absolute atomic E-state index is 0.0278. The van der Waals surface area contributed by atoms with Gasteiger partial charge in [0.2, 0.25) is 0 Å². The van der Waals surface area contributed by atoms with Crippen LogP contribution in [0.2, 0.25) is 0 Å². The van der Waals surface area contributed by atoms with E-state index in [1.54, 1.807) is 19.1 Å². The number of rotatable bonds is 1. The Morgan fingerprint density at radius 1 is 1.38 bits per heavy atom. The molecular formula is C9H13NO3. The molecule has 1 amide bonds. The number of aromatic hydroxyl groups is 1. The van der Waals surface area contributed by atoms with Gasteiger partial charge in [0.15, 0.2) is 0 Å². The van der Waals surface area contributed by atoms with E-state index in [9.17, 15) is 9.90 Å². The van der Waals surface area contributed by atoms with Crippen LogP contribution in [0.25, 0.3) is 0 Å². The predicted octanol–water partition coefficient (Wildman–Crippen LogP) is 0.408. The van der Waals surface area contributed by atoms with Crippen molar-refractivity contribution in [3.05, 3.63) is 29.3 Å². The number of benzene rings is 1. The van der Waals surface area contributed by atoms with Gasteiger partial charge in [-0.15, -0.1) is 0 Å². The van der Waals surface area contributed by atoms with Crippen LogP contribution < -0.4 is 5.73 Å². The fourth-order valence-electron chi connectivity index (χ4n) is 0.858. The number of hydrogen-bond donors (Lipinski definition) is 3. The van der Waals surface area contributed by atoms with Crippen molar-refractivity contribution < 1.29 is 15.0 Å². The first-order chi connectivity index (χ1) is 6.13. The molecular weight excluding hydrogens is 170 g/mol. The monoisotopic (exact) mass is 183 g/mol. The second-order valence-corrected chi connectivity index (χ2v) is 2.34. The average Bonchev–Trinajstić information content (AvgIpc) is 2.13. The Hall–Kier alpha value is -1.55. The van der Waals surface area contributed by atoms with Gasteiger partial charge in [0.25, 0.3) is 5.91 Å².